The molecule has 0 N–H and O–H groups in total. The van der Waals surface area contributed by atoms with Crippen LogP contribution in [0.5, 0.6) is 0 Å². The van der Waals surface area contributed by atoms with Crippen molar-refractivity contribution in [3.8, 4) is 12.3 Å². The molecule has 0 bridgehead atoms. The molecule has 1 unspecified atom stereocenters. The van der Waals surface area contributed by atoms with E-state index in [0.717, 1.165) is 24.9 Å². The van der Waals surface area contributed by atoms with Crippen LogP contribution in [0.15, 0.2) is 17.0 Å². The molecule has 1 saturated heterocycles. The third-order valence-electron chi connectivity index (χ3n) is 5.40. The first-order chi connectivity index (χ1) is 15.4. The number of alkyl halides is 1. The van der Waals surface area contributed by atoms with Crippen molar-refractivity contribution in [1.29, 1.82) is 0 Å². The van der Waals surface area contributed by atoms with Crippen molar-refractivity contribution < 1.29 is 25.9 Å². The summed E-state index contributed by atoms with van der Waals surface area (Å²) in [5.41, 5.74) is -0.215. The molecule has 1 heterocycles. The van der Waals surface area contributed by atoms with Gasteiger partial charge in [-0.1, -0.05) is 21.9 Å². The van der Waals surface area contributed by atoms with Gasteiger partial charge in [0.25, 0.3) is 15.8 Å². The van der Waals surface area contributed by atoms with E-state index >= 15 is 0 Å². The number of hydrogen-bond acceptors (Lipinski definition) is 9. The van der Waals surface area contributed by atoms with E-state index in [9.17, 15) is 26.9 Å². The van der Waals surface area contributed by atoms with Crippen LogP contribution in [0.1, 0.15) is 24.8 Å². The predicted octanol–water partition coefficient (Wildman–Crippen LogP) is 2.01. The van der Waals surface area contributed by atoms with Crippen molar-refractivity contribution in [2.24, 2.45) is 0 Å². The summed E-state index contributed by atoms with van der Waals surface area (Å²) < 4.78 is 55.2. The number of sulfone groups is 1. The molecule has 10 nitrogen and oxygen atoms in total. The van der Waals surface area contributed by atoms with E-state index < -0.39 is 35.8 Å². The van der Waals surface area contributed by atoms with E-state index in [1.54, 1.807) is 4.90 Å². The first-order valence-corrected chi connectivity index (χ1v) is 14.8. The zero-order valence-electron chi connectivity index (χ0n) is 18.6. The van der Waals surface area contributed by atoms with Crippen LogP contribution in [0.4, 0.5) is 11.4 Å². The summed E-state index contributed by atoms with van der Waals surface area (Å²) in [7, 11) is -5.77. The fourth-order valence-electron chi connectivity index (χ4n) is 3.79. The number of benzene rings is 1. The number of rotatable bonds is 10. The van der Waals surface area contributed by atoms with Gasteiger partial charge in [0, 0.05) is 30.6 Å². The number of hydrogen-bond donors (Lipinski definition) is 0. The fraction of sp³-hybridized carbons (Fsp3) is 0.600. The molecular formula is C20H28BrN3O7S2. The first kappa shape index (κ1) is 27.5. The van der Waals surface area contributed by atoms with Gasteiger partial charge in [0.05, 0.1) is 39.2 Å². The zero-order chi connectivity index (χ0) is 24.8. The van der Waals surface area contributed by atoms with E-state index in [1.165, 1.54) is 0 Å². The Morgan fingerprint density at radius 1 is 1.27 bits per heavy atom. The van der Waals surface area contributed by atoms with Gasteiger partial charge in [0.1, 0.15) is 0 Å². The maximum absolute atomic E-state index is 13.8. The largest absolute Gasteiger partial charge is 0.366 e. The standard InChI is InChI=1S/C20H28BrN3O7S2/c1-4-16-14-17(24(25)26)15-19(33(29,30)18-6-5-9-22(2)10-7-18)20(16)23(11-8-21)12-13-31-32(3,27)28/h1,14-15,18H,5-13H2,2-3H3. The van der Waals surface area contributed by atoms with Crippen molar-refractivity contribution in [2.45, 2.75) is 29.4 Å². The number of nitrogens with zero attached hydrogens (tertiary/aromatic N) is 3. The van der Waals surface area contributed by atoms with E-state index in [2.05, 4.69) is 26.8 Å². The van der Waals surface area contributed by atoms with Crippen molar-refractivity contribution in [3.63, 3.8) is 0 Å². The van der Waals surface area contributed by atoms with E-state index in [1.807, 2.05) is 7.05 Å². The molecule has 1 aliphatic rings. The number of nitro benzene ring substituents is 1. The Bertz CT molecular complexity index is 1120. The topological polar surface area (TPSA) is 127 Å². The fourth-order valence-corrected chi connectivity index (χ4v) is 6.64. The van der Waals surface area contributed by atoms with Crippen molar-refractivity contribution >= 4 is 47.3 Å². The highest BCUT2D eigenvalue weighted by Gasteiger charge is 2.35. The molecule has 1 aromatic rings. The van der Waals surface area contributed by atoms with Gasteiger partial charge < -0.3 is 9.80 Å². The molecular weight excluding hydrogens is 538 g/mol. The Kier molecular flexibility index (Phi) is 9.69. The summed E-state index contributed by atoms with van der Waals surface area (Å²) in [4.78, 5) is 14.3. The summed E-state index contributed by atoms with van der Waals surface area (Å²) in [6.07, 6.45) is 8.06. The molecule has 1 fully saturated rings. The second kappa shape index (κ2) is 11.6. The van der Waals surface area contributed by atoms with Crippen molar-refractivity contribution in [2.75, 3.05) is 56.3 Å². The van der Waals surface area contributed by atoms with Crippen LogP contribution >= 0.6 is 15.9 Å². The Balaban J connectivity index is 2.64. The van der Waals surface area contributed by atoms with Crippen molar-refractivity contribution in [3.05, 3.63) is 27.8 Å². The third kappa shape index (κ3) is 7.38. The van der Waals surface area contributed by atoms with Gasteiger partial charge in [-0.3, -0.25) is 14.3 Å². The highest BCUT2D eigenvalue weighted by molar-refractivity contribution is 9.09. The number of halogens is 1. The van der Waals surface area contributed by atoms with Gasteiger partial charge in [0.15, 0.2) is 9.84 Å². The average Bonchev–Trinajstić information content (AvgIpc) is 2.96. The lowest BCUT2D eigenvalue weighted by Crippen LogP contribution is -2.33. The Morgan fingerprint density at radius 3 is 2.55 bits per heavy atom. The molecule has 0 spiro atoms. The van der Waals surface area contributed by atoms with Crippen LogP contribution < -0.4 is 4.90 Å². The summed E-state index contributed by atoms with van der Waals surface area (Å²) >= 11 is 3.32. The van der Waals surface area contributed by atoms with Gasteiger partial charge in [-0.15, -0.1) is 6.42 Å². The molecule has 0 aliphatic carbocycles. The van der Waals surface area contributed by atoms with Gasteiger partial charge in [-0.2, -0.15) is 8.42 Å². The second-order valence-corrected chi connectivity index (χ2v) is 12.5. The predicted molar refractivity (Wildman–Crippen MR) is 130 cm³/mol. The van der Waals surface area contributed by atoms with Gasteiger partial charge in [-0.25, -0.2) is 8.42 Å². The molecule has 1 aromatic carbocycles. The van der Waals surface area contributed by atoms with Gasteiger partial charge in [-0.05, 0) is 39.4 Å². The maximum Gasteiger partial charge on any atom is 0.272 e. The molecule has 0 radical (unpaired) electrons. The molecule has 1 atom stereocenters. The monoisotopic (exact) mass is 565 g/mol. The summed E-state index contributed by atoms with van der Waals surface area (Å²) in [6, 6.07) is 2.21. The lowest BCUT2D eigenvalue weighted by atomic mass is 10.1. The number of terminal acetylenes is 1. The number of nitro groups is 1. The molecule has 0 aromatic heterocycles. The lowest BCUT2D eigenvalue weighted by molar-refractivity contribution is -0.385. The second-order valence-electron chi connectivity index (χ2n) is 7.84. The van der Waals surface area contributed by atoms with E-state index in [-0.39, 0.29) is 35.8 Å². The number of non-ortho nitro benzene ring substituents is 1. The van der Waals surface area contributed by atoms with E-state index in [0.29, 0.717) is 31.1 Å². The number of likely N-dealkylation sites (tertiary alicyclic amines) is 1. The first-order valence-electron chi connectivity index (χ1n) is 10.3. The average molecular weight is 566 g/mol. The van der Waals surface area contributed by atoms with Crippen LogP contribution in [0, 0.1) is 22.5 Å². The normalized spacial score (nSPS) is 17.8. The zero-order valence-corrected chi connectivity index (χ0v) is 21.8. The quantitative estimate of drug-likeness (QED) is 0.137. The summed E-state index contributed by atoms with van der Waals surface area (Å²) in [6.45, 7) is 1.41. The van der Waals surface area contributed by atoms with Crippen molar-refractivity contribution in [1.82, 2.24) is 4.90 Å². The Labute approximate surface area is 203 Å². The highest BCUT2D eigenvalue weighted by atomic mass is 79.9. The van der Waals surface area contributed by atoms with Crippen LogP contribution in [0.3, 0.4) is 0 Å². The minimum absolute atomic E-state index is 0.0150. The third-order valence-corrected chi connectivity index (χ3v) is 8.62. The van der Waals surface area contributed by atoms with Gasteiger partial charge in [0.2, 0.25) is 0 Å². The van der Waals surface area contributed by atoms with Crippen LogP contribution in [0.25, 0.3) is 0 Å². The minimum atomic E-state index is -3.99. The smallest absolute Gasteiger partial charge is 0.272 e. The molecule has 184 valence electrons. The molecule has 33 heavy (non-hydrogen) atoms. The van der Waals surface area contributed by atoms with Crippen LogP contribution in [-0.4, -0.2) is 83.3 Å². The SMILES string of the molecule is C#Cc1cc([N+](=O)[O-])cc(S(=O)(=O)C2CCCN(C)CC2)c1N(CCBr)CCOS(C)(=O)=O. The summed E-state index contributed by atoms with van der Waals surface area (Å²) in [5, 5.41) is 11.2. The molecule has 2 rings (SSSR count). The lowest BCUT2D eigenvalue weighted by Gasteiger charge is -2.28. The number of anilines is 1. The minimum Gasteiger partial charge on any atom is -0.366 e. The molecule has 0 saturated carbocycles. The molecule has 0 amide bonds. The van der Waals surface area contributed by atoms with Gasteiger partial charge >= 0.3 is 0 Å². The van der Waals surface area contributed by atoms with Crippen LogP contribution in [-0.2, 0) is 24.1 Å². The molecule has 13 heteroatoms. The molecule has 1 aliphatic heterocycles. The Morgan fingerprint density at radius 2 is 1.97 bits per heavy atom. The summed E-state index contributed by atoms with van der Waals surface area (Å²) in [5.74, 6) is 2.38. The van der Waals surface area contributed by atoms with Crippen LogP contribution in [0.2, 0.25) is 0 Å². The highest BCUT2D eigenvalue weighted by Crippen LogP contribution is 2.37. The maximum atomic E-state index is 13.8. The van der Waals surface area contributed by atoms with E-state index in [4.69, 9.17) is 10.6 Å². The Hall–Kier alpha value is -1.72.